The molecule has 0 aliphatic carbocycles. The van der Waals surface area contributed by atoms with Gasteiger partial charge in [0.15, 0.2) is 0 Å². The Morgan fingerprint density at radius 1 is 1.37 bits per heavy atom. The number of aliphatic carboxylic acids is 1. The van der Waals surface area contributed by atoms with Gasteiger partial charge in [0.05, 0.1) is 6.42 Å². The molecular formula is C14H18ClNO3. The molecule has 0 fully saturated rings. The molecule has 1 aromatic rings. The molecule has 0 bridgehead atoms. The first-order valence-electron chi connectivity index (χ1n) is 6.10. The lowest BCUT2D eigenvalue weighted by atomic mass is 10.00. The molecule has 0 heterocycles. The summed E-state index contributed by atoms with van der Waals surface area (Å²) in [6.07, 6.45) is -0.0942. The van der Waals surface area contributed by atoms with E-state index in [0.717, 1.165) is 0 Å². The number of nitrogens with one attached hydrogen (secondary N) is 1. The minimum absolute atomic E-state index is 0.0412. The van der Waals surface area contributed by atoms with Gasteiger partial charge in [0.1, 0.15) is 0 Å². The molecular weight excluding hydrogens is 266 g/mol. The van der Waals surface area contributed by atoms with Crippen molar-refractivity contribution in [1.29, 1.82) is 0 Å². The fourth-order valence-corrected chi connectivity index (χ4v) is 1.92. The van der Waals surface area contributed by atoms with E-state index in [-0.39, 0.29) is 18.2 Å². The third-order valence-electron chi connectivity index (χ3n) is 3.03. The summed E-state index contributed by atoms with van der Waals surface area (Å²) in [5, 5.41) is 12.1. The average Bonchev–Trinajstić information content (AvgIpc) is 2.31. The van der Waals surface area contributed by atoms with Crippen LogP contribution in [0.1, 0.15) is 36.2 Å². The number of halogens is 1. The molecule has 2 N–H and O–H groups in total. The van der Waals surface area contributed by atoms with Crippen molar-refractivity contribution < 1.29 is 14.7 Å². The highest BCUT2D eigenvalue weighted by Gasteiger charge is 2.21. The van der Waals surface area contributed by atoms with Crippen LogP contribution in [0.4, 0.5) is 0 Å². The molecule has 0 aliphatic rings. The van der Waals surface area contributed by atoms with Crippen molar-refractivity contribution in [1.82, 2.24) is 5.32 Å². The molecule has 1 atom stereocenters. The molecule has 0 aliphatic heterocycles. The SMILES string of the molecule is Cc1c(Cl)cccc1C(=O)NC(CC(=O)O)C(C)C. The van der Waals surface area contributed by atoms with Gasteiger partial charge < -0.3 is 10.4 Å². The van der Waals surface area contributed by atoms with E-state index < -0.39 is 12.0 Å². The molecule has 5 heteroatoms. The van der Waals surface area contributed by atoms with Gasteiger partial charge >= 0.3 is 5.97 Å². The molecule has 1 aromatic carbocycles. The highest BCUT2D eigenvalue weighted by molar-refractivity contribution is 6.31. The van der Waals surface area contributed by atoms with Crippen LogP contribution < -0.4 is 5.32 Å². The highest BCUT2D eigenvalue weighted by Crippen LogP contribution is 2.19. The Kier molecular flexibility index (Phi) is 5.36. The molecule has 1 unspecified atom stereocenters. The van der Waals surface area contributed by atoms with Gasteiger partial charge in [0.25, 0.3) is 5.91 Å². The molecule has 1 amide bonds. The number of amides is 1. The summed E-state index contributed by atoms with van der Waals surface area (Å²) in [7, 11) is 0. The van der Waals surface area contributed by atoms with Crippen molar-refractivity contribution in [3.8, 4) is 0 Å². The summed E-state index contributed by atoms with van der Waals surface area (Å²) >= 11 is 5.97. The van der Waals surface area contributed by atoms with Gasteiger partial charge in [0.2, 0.25) is 0 Å². The predicted octanol–water partition coefficient (Wildman–Crippen LogP) is 2.88. The molecule has 4 nitrogen and oxygen atoms in total. The Hall–Kier alpha value is -1.55. The van der Waals surface area contributed by atoms with E-state index in [1.807, 2.05) is 13.8 Å². The van der Waals surface area contributed by atoms with Crippen LogP contribution in [-0.4, -0.2) is 23.0 Å². The van der Waals surface area contributed by atoms with Gasteiger partial charge in [-0.15, -0.1) is 0 Å². The summed E-state index contributed by atoms with van der Waals surface area (Å²) in [6.45, 7) is 5.51. The van der Waals surface area contributed by atoms with E-state index >= 15 is 0 Å². The maximum Gasteiger partial charge on any atom is 0.305 e. The fourth-order valence-electron chi connectivity index (χ4n) is 1.74. The molecule has 0 aromatic heterocycles. The van der Waals surface area contributed by atoms with E-state index in [1.165, 1.54) is 0 Å². The van der Waals surface area contributed by atoms with Crippen molar-refractivity contribution in [2.75, 3.05) is 0 Å². The molecule has 104 valence electrons. The van der Waals surface area contributed by atoms with Crippen molar-refractivity contribution >= 4 is 23.5 Å². The van der Waals surface area contributed by atoms with Gasteiger partial charge in [-0.3, -0.25) is 9.59 Å². The van der Waals surface area contributed by atoms with Crippen LogP contribution in [0, 0.1) is 12.8 Å². The van der Waals surface area contributed by atoms with Crippen molar-refractivity contribution in [2.24, 2.45) is 5.92 Å². The summed E-state index contributed by atoms with van der Waals surface area (Å²) in [5.41, 5.74) is 1.17. The first-order valence-corrected chi connectivity index (χ1v) is 6.48. The minimum Gasteiger partial charge on any atom is -0.481 e. The van der Waals surface area contributed by atoms with E-state index in [4.69, 9.17) is 16.7 Å². The topological polar surface area (TPSA) is 66.4 Å². The largest absolute Gasteiger partial charge is 0.481 e. The number of carbonyl (C=O) groups excluding carboxylic acids is 1. The average molecular weight is 284 g/mol. The quantitative estimate of drug-likeness (QED) is 0.873. The zero-order valence-corrected chi connectivity index (χ0v) is 12.0. The van der Waals surface area contributed by atoms with Crippen LogP contribution in [0.3, 0.4) is 0 Å². The van der Waals surface area contributed by atoms with Crippen LogP contribution in [0.15, 0.2) is 18.2 Å². The van der Waals surface area contributed by atoms with E-state index in [9.17, 15) is 9.59 Å². The Morgan fingerprint density at radius 2 is 2.00 bits per heavy atom. The lowest BCUT2D eigenvalue weighted by Gasteiger charge is -2.21. The van der Waals surface area contributed by atoms with E-state index in [1.54, 1.807) is 25.1 Å². The number of carbonyl (C=O) groups is 2. The van der Waals surface area contributed by atoms with Crippen molar-refractivity contribution in [2.45, 2.75) is 33.2 Å². The summed E-state index contributed by atoms with van der Waals surface area (Å²) in [4.78, 5) is 22.9. The lowest BCUT2D eigenvalue weighted by Crippen LogP contribution is -2.40. The Bertz CT molecular complexity index is 486. The predicted molar refractivity (Wildman–Crippen MR) is 74.5 cm³/mol. The fraction of sp³-hybridized carbons (Fsp3) is 0.429. The Morgan fingerprint density at radius 3 is 2.53 bits per heavy atom. The molecule has 0 saturated heterocycles. The second-order valence-corrected chi connectivity index (χ2v) is 5.24. The Labute approximate surface area is 117 Å². The van der Waals surface area contributed by atoms with Crippen LogP contribution >= 0.6 is 11.6 Å². The number of carboxylic acids is 1. The normalized spacial score (nSPS) is 12.3. The number of rotatable bonds is 5. The number of hydrogen-bond acceptors (Lipinski definition) is 2. The maximum absolute atomic E-state index is 12.2. The number of carboxylic acid groups (broad SMARTS) is 1. The third-order valence-corrected chi connectivity index (χ3v) is 3.44. The van der Waals surface area contributed by atoms with Crippen molar-refractivity contribution in [3.05, 3.63) is 34.3 Å². The van der Waals surface area contributed by atoms with Gasteiger partial charge in [-0.25, -0.2) is 0 Å². The minimum atomic E-state index is -0.929. The number of hydrogen-bond donors (Lipinski definition) is 2. The van der Waals surface area contributed by atoms with Gasteiger partial charge in [-0.05, 0) is 30.5 Å². The summed E-state index contributed by atoms with van der Waals surface area (Å²) < 4.78 is 0. The maximum atomic E-state index is 12.2. The van der Waals surface area contributed by atoms with E-state index in [0.29, 0.717) is 16.1 Å². The van der Waals surface area contributed by atoms with Crippen LogP contribution in [0.5, 0.6) is 0 Å². The molecule has 1 rings (SSSR count). The highest BCUT2D eigenvalue weighted by atomic mass is 35.5. The van der Waals surface area contributed by atoms with Crippen molar-refractivity contribution in [3.63, 3.8) is 0 Å². The first kappa shape index (κ1) is 15.5. The molecule has 0 spiro atoms. The van der Waals surface area contributed by atoms with E-state index in [2.05, 4.69) is 5.32 Å². The second kappa shape index (κ2) is 6.57. The van der Waals surface area contributed by atoms with Crippen LogP contribution in [0.25, 0.3) is 0 Å². The van der Waals surface area contributed by atoms with Gasteiger partial charge in [-0.2, -0.15) is 0 Å². The smallest absolute Gasteiger partial charge is 0.305 e. The third kappa shape index (κ3) is 4.24. The summed E-state index contributed by atoms with van der Waals surface area (Å²) in [5.74, 6) is -1.18. The molecule has 19 heavy (non-hydrogen) atoms. The first-order chi connectivity index (χ1) is 8.82. The van der Waals surface area contributed by atoms with Gasteiger partial charge in [0, 0.05) is 16.6 Å². The zero-order valence-electron chi connectivity index (χ0n) is 11.2. The second-order valence-electron chi connectivity index (χ2n) is 4.83. The van der Waals surface area contributed by atoms with Crippen LogP contribution in [-0.2, 0) is 4.79 Å². The Balaban J connectivity index is 2.88. The molecule has 0 saturated carbocycles. The number of benzene rings is 1. The van der Waals surface area contributed by atoms with Gasteiger partial charge in [-0.1, -0.05) is 31.5 Å². The monoisotopic (exact) mass is 283 g/mol. The van der Waals surface area contributed by atoms with Crippen LogP contribution in [0.2, 0.25) is 5.02 Å². The lowest BCUT2D eigenvalue weighted by molar-refractivity contribution is -0.137. The molecule has 0 radical (unpaired) electrons. The zero-order chi connectivity index (χ0) is 14.6. The summed E-state index contributed by atoms with van der Waals surface area (Å²) in [6, 6.07) is 4.69. The standard InChI is InChI=1S/C14H18ClNO3/c1-8(2)12(7-13(17)18)16-14(19)10-5-4-6-11(15)9(10)3/h4-6,8,12H,7H2,1-3H3,(H,16,19)(H,17,18).